The van der Waals surface area contributed by atoms with Crippen molar-refractivity contribution in [2.75, 3.05) is 0 Å². The Bertz CT molecular complexity index is 769. The predicted molar refractivity (Wildman–Crippen MR) is 76.8 cm³/mol. The van der Waals surface area contributed by atoms with E-state index in [9.17, 15) is 5.26 Å². The third-order valence-corrected chi connectivity index (χ3v) is 3.56. The number of nitrogens with zero attached hydrogens (tertiary/aromatic N) is 3. The minimum absolute atomic E-state index is 0.327. The number of aromatic nitrogens is 1. The van der Waals surface area contributed by atoms with E-state index in [1.807, 2.05) is 6.07 Å². The highest BCUT2D eigenvalue weighted by Gasteiger charge is 2.16. The summed E-state index contributed by atoms with van der Waals surface area (Å²) in [6.07, 6.45) is 4.16. The van der Waals surface area contributed by atoms with Crippen LogP contribution in [0.15, 0.2) is 30.3 Å². The SMILES string of the molecule is N#Cc1cccc(Oc2nc3c(cc2C#N)CCCC3)c1. The summed E-state index contributed by atoms with van der Waals surface area (Å²) >= 11 is 0. The Kier molecular flexibility index (Phi) is 3.53. The van der Waals surface area contributed by atoms with E-state index in [2.05, 4.69) is 17.1 Å². The molecule has 0 amide bonds. The second-order valence-electron chi connectivity index (χ2n) is 5.01. The standard InChI is InChI=1S/C17H13N3O/c18-10-12-4-3-6-15(8-12)21-17-14(11-19)9-13-5-1-2-7-16(13)20-17/h3-4,6,8-9H,1-2,5,7H2. The van der Waals surface area contributed by atoms with Gasteiger partial charge in [0.1, 0.15) is 17.4 Å². The Morgan fingerprint density at radius 3 is 2.71 bits per heavy atom. The lowest BCUT2D eigenvalue weighted by molar-refractivity contribution is 0.456. The molecule has 0 unspecified atom stereocenters. The van der Waals surface area contributed by atoms with Crippen LogP contribution in [-0.2, 0) is 12.8 Å². The molecule has 0 N–H and O–H groups in total. The molecule has 0 spiro atoms. The molecular formula is C17H13N3O. The van der Waals surface area contributed by atoms with Crippen LogP contribution in [0.2, 0.25) is 0 Å². The highest BCUT2D eigenvalue weighted by Crippen LogP contribution is 2.29. The van der Waals surface area contributed by atoms with E-state index in [1.54, 1.807) is 24.3 Å². The first-order valence-corrected chi connectivity index (χ1v) is 6.91. The second-order valence-corrected chi connectivity index (χ2v) is 5.01. The maximum Gasteiger partial charge on any atom is 0.237 e. The summed E-state index contributed by atoms with van der Waals surface area (Å²) in [7, 11) is 0. The predicted octanol–water partition coefficient (Wildman–Crippen LogP) is 3.50. The van der Waals surface area contributed by atoms with Crippen molar-refractivity contribution in [3.05, 3.63) is 52.7 Å². The van der Waals surface area contributed by atoms with Crippen LogP contribution in [0, 0.1) is 22.7 Å². The Morgan fingerprint density at radius 1 is 1.05 bits per heavy atom. The number of benzene rings is 1. The molecule has 0 saturated heterocycles. The number of nitriles is 2. The third kappa shape index (κ3) is 2.70. The third-order valence-electron chi connectivity index (χ3n) is 3.56. The molecule has 0 aliphatic heterocycles. The molecule has 0 bridgehead atoms. The zero-order valence-corrected chi connectivity index (χ0v) is 11.5. The quantitative estimate of drug-likeness (QED) is 0.841. The molecule has 2 aromatic rings. The molecule has 3 rings (SSSR count). The maximum absolute atomic E-state index is 9.28. The van der Waals surface area contributed by atoms with Crippen molar-refractivity contribution in [3.63, 3.8) is 0 Å². The highest BCUT2D eigenvalue weighted by atomic mass is 16.5. The Balaban J connectivity index is 1.98. The molecule has 1 aromatic heterocycles. The van der Waals surface area contributed by atoms with Gasteiger partial charge in [-0.05, 0) is 55.5 Å². The molecule has 4 nitrogen and oxygen atoms in total. The summed E-state index contributed by atoms with van der Waals surface area (Å²) in [6.45, 7) is 0. The topological polar surface area (TPSA) is 69.7 Å². The Morgan fingerprint density at radius 2 is 1.90 bits per heavy atom. The van der Waals surface area contributed by atoms with Crippen molar-refractivity contribution in [2.24, 2.45) is 0 Å². The normalized spacial score (nSPS) is 12.9. The average molecular weight is 275 g/mol. The van der Waals surface area contributed by atoms with Gasteiger partial charge < -0.3 is 4.74 Å². The van der Waals surface area contributed by atoms with E-state index < -0.39 is 0 Å². The van der Waals surface area contributed by atoms with Crippen molar-refractivity contribution in [3.8, 4) is 23.8 Å². The molecule has 4 heteroatoms. The van der Waals surface area contributed by atoms with Gasteiger partial charge in [-0.2, -0.15) is 10.5 Å². The van der Waals surface area contributed by atoms with Crippen LogP contribution in [-0.4, -0.2) is 4.98 Å². The van der Waals surface area contributed by atoms with Crippen molar-refractivity contribution in [2.45, 2.75) is 25.7 Å². The number of aryl methyl sites for hydroxylation is 2. The molecule has 1 aliphatic rings. The summed E-state index contributed by atoms with van der Waals surface area (Å²) in [5.41, 5.74) is 3.13. The van der Waals surface area contributed by atoms with Gasteiger partial charge in [-0.3, -0.25) is 0 Å². The first-order valence-electron chi connectivity index (χ1n) is 6.91. The van der Waals surface area contributed by atoms with E-state index >= 15 is 0 Å². The van der Waals surface area contributed by atoms with Gasteiger partial charge >= 0.3 is 0 Å². The summed E-state index contributed by atoms with van der Waals surface area (Å²) in [5, 5.41) is 18.2. The van der Waals surface area contributed by atoms with Gasteiger partial charge in [-0.15, -0.1) is 0 Å². The number of rotatable bonds is 2. The van der Waals surface area contributed by atoms with Gasteiger partial charge in [-0.1, -0.05) is 6.07 Å². The van der Waals surface area contributed by atoms with E-state index in [0.29, 0.717) is 22.8 Å². The fraction of sp³-hybridized carbons (Fsp3) is 0.235. The van der Waals surface area contributed by atoms with Crippen molar-refractivity contribution >= 4 is 0 Å². The Labute approximate surface area is 123 Å². The van der Waals surface area contributed by atoms with Crippen molar-refractivity contribution in [1.82, 2.24) is 4.98 Å². The molecule has 0 saturated carbocycles. The van der Waals surface area contributed by atoms with Crippen molar-refractivity contribution < 1.29 is 4.74 Å². The Hall–Kier alpha value is -2.85. The van der Waals surface area contributed by atoms with Gasteiger partial charge in [0.25, 0.3) is 0 Å². The first kappa shape index (κ1) is 13.1. The van der Waals surface area contributed by atoms with Crippen LogP contribution in [0.3, 0.4) is 0 Å². The average Bonchev–Trinajstić information content (AvgIpc) is 2.54. The molecule has 0 radical (unpaired) electrons. The zero-order valence-electron chi connectivity index (χ0n) is 11.5. The summed E-state index contributed by atoms with van der Waals surface area (Å²) in [5.74, 6) is 0.849. The van der Waals surface area contributed by atoms with Crippen LogP contribution in [0.25, 0.3) is 0 Å². The van der Waals surface area contributed by atoms with Gasteiger partial charge in [-0.25, -0.2) is 4.98 Å². The van der Waals surface area contributed by atoms with Gasteiger partial charge in [0, 0.05) is 5.69 Å². The fourth-order valence-electron chi connectivity index (χ4n) is 2.51. The monoisotopic (exact) mass is 275 g/mol. The lowest BCUT2D eigenvalue weighted by atomic mass is 9.95. The minimum Gasteiger partial charge on any atom is -0.438 e. The first-order chi connectivity index (χ1) is 10.3. The fourth-order valence-corrected chi connectivity index (χ4v) is 2.51. The zero-order chi connectivity index (χ0) is 14.7. The van der Waals surface area contributed by atoms with E-state index in [4.69, 9.17) is 10.00 Å². The molecule has 1 heterocycles. The van der Waals surface area contributed by atoms with Gasteiger partial charge in [0.05, 0.1) is 11.6 Å². The molecular weight excluding hydrogens is 262 g/mol. The number of pyridine rings is 1. The molecule has 1 aliphatic carbocycles. The summed E-state index contributed by atoms with van der Waals surface area (Å²) < 4.78 is 5.72. The van der Waals surface area contributed by atoms with Crippen LogP contribution in [0.1, 0.15) is 35.2 Å². The van der Waals surface area contributed by atoms with Gasteiger partial charge in [0.15, 0.2) is 0 Å². The molecule has 0 fully saturated rings. The largest absolute Gasteiger partial charge is 0.438 e. The number of ether oxygens (including phenoxy) is 1. The maximum atomic E-state index is 9.28. The van der Waals surface area contributed by atoms with Crippen LogP contribution in [0.5, 0.6) is 11.6 Å². The van der Waals surface area contributed by atoms with Crippen LogP contribution in [0.4, 0.5) is 0 Å². The van der Waals surface area contributed by atoms with Crippen LogP contribution >= 0.6 is 0 Å². The number of hydrogen-bond acceptors (Lipinski definition) is 4. The molecule has 21 heavy (non-hydrogen) atoms. The number of fused-ring (bicyclic) bond motifs is 1. The lowest BCUT2D eigenvalue weighted by Crippen LogP contribution is -2.07. The second kappa shape index (κ2) is 5.64. The summed E-state index contributed by atoms with van der Waals surface area (Å²) in [4.78, 5) is 4.51. The molecule has 1 aromatic carbocycles. The molecule has 102 valence electrons. The van der Waals surface area contributed by atoms with Crippen LogP contribution < -0.4 is 4.74 Å². The van der Waals surface area contributed by atoms with Gasteiger partial charge in [0.2, 0.25) is 5.88 Å². The summed E-state index contributed by atoms with van der Waals surface area (Å²) in [6, 6.07) is 12.9. The van der Waals surface area contributed by atoms with E-state index in [-0.39, 0.29) is 0 Å². The molecule has 0 atom stereocenters. The van der Waals surface area contributed by atoms with E-state index in [0.717, 1.165) is 36.9 Å². The van der Waals surface area contributed by atoms with Crippen molar-refractivity contribution in [1.29, 1.82) is 10.5 Å². The smallest absolute Gasteiger partial charge is 0.237 e. The number of hydrogen-bond donors (Lipinski definition) is 0. The lowest BCUT2D eigenvalue weighted by Gasteiger charge is -2.16. The highest BCUT2D eigenvalue weighted by molar-refractivity contribution is 5.46. The minimum atomic E-state index is 0.327. The van der Waals surface area contributed by atoms with E-state index in [1.165, 1.54) is 0 Å².